The Balaban J connectivity index is 1.62. The summed E-state index contributed by atoms with van der Waals surface area (Å²) in [7, 11) is 2.02. The van der Waals surface area contributed by atoms with Gasteiger partial charge in [0.1, 0.15) is 5.82 Å². The van der Waals surface area contributed by atoms with Gasteiger partial charge < -0.3 is 9.88 Å². The molecule has 3 heterocycles. The maximum absolute atomic E-state index is 4.61. The molecule has 0 aliphatic heterocycles. The third kappa shape index (κ3) is 2.92. The lowest BCUT2D eigenvalue weighted by atomic mass is 10.1. The van der Waals surface area contributed by atoms with Gasteiger partial charge in [0, 0.05) is 31.8 Å². The minimum atomic E-state index is 0.147. The zero-order valence-electron chi connectivity index (χ0n) is 12.9. The molecule has 0 bridgehead atoms. The summed E-state index contributed by atoms with van der Waals surface area (Å²) in [4.78, 5) is 17.8. The summed E-state index contributed by atoms with van der Waals surface area (Å²) in [5, 5.41) is 3.46. The van der Waals surface area contributed by atoms with E-state index in [4.69, 9.17) is 0 Å². The molecule has 0 saturated heterocycles. The van der Waals surface area contributed by atoms with Crippen molar-refractivity contribution in [3.05, 3.63) is 54.9 Å². The van der Waals surface area contributed by atoms with Crippen molar-refractivity contribution in [3.63, 3.8) is 0 Å². The molecule has 0 radical (unpaired) electrons. The van der Waals surface area contributed by atoms with Gasteiger partial charge in [0.05, 0.1) is 17.4 Å². The highest BCUT2D eigenvalue weighted by Crippen LogP contribution is 2.41. The monoisotopic (exact) mass is 306 g/mol. The van der Waals surface area contributed by atoms with Crippen molar-refractivity contribution >= 4 is 5.95 Å². The molecule has 0 aromatic carbocycles. The van der Waals surface area contributed by atoms with Crippen molar-refractivity contribution in [1.29, 1.82) is 0 Å². The first kappa shape index (κ1) is 13.9. The lowest BCUT2D eigenvalue weighted by Gasteiger charge is -2.18. The Bertz CT molecular complexity index is 794. The van der Waals surface area contributed by atoms with Crippen LogP contribution in [0.3, 0.4) is 0 Å². The van der Waals surface area contributed by atoms with E-state index in [1.54, 1.807) is 12.4 Å². The van der Waals surface area contributed by atoms with E-state index in [1.165, 1.54) is 12.8 Å². The molecule has 6 heteroatoms. The second kappa shape index (κ2) is 5.79. The molecule has 1 saturated carbocycles. The predicted molar refractivity (Wildman–Crippen MR) is 87.6 cm³/mol. The lowest BCUT2D eigenvalue weighted by molar-refractivity contribution is 0.601. The fourth-order valence-electron chi connectivity index (χ4n) is 2.72. The predicted octanol–water partition coefficient (Wildman–Crippen LogP) is 2.84. The van der Waals surface area contributed by atoms with Crippen LogP contribution in [0, 0.1) is 5.92 Å². The van der Waals surface area contributed by atoms with E-state index in [-0.39, 0.29) is 6.04 Å². The van der Waals surface area contributed by atoms with Crippen molar-refractivity contribution < 1.29 is 0 Å². The first-order chi connectivity index (χ1) is 11.3. The Morgan fingerprint density at radius 1 is 1.04 bits per heavy atom. The highest BCUT2D eigenvalue weighted by atomic mass is 15.2. The summed E-state index contributed by atoms with van der Waals surface area (Å²) in [5.41, 5.74) is 1.66. The molecule has 0 spiro atoms. The summed E-state index contributed by atoms with van der Waals surface area (Å²) >= 11 is 0. The minimum Gasteiger partial charge on any atom is -0.344 e. The summed E-state index contributed by atoms with van der Waals surface area (Å²) in [6.45, 7) is 0. The normalized spacial score (nSPS) is 15.3. The third-order valence-electron chi connectivity index (χ3n) is 4.10. The Labute approximate surface area is 134 Å². The highest BCUT2D eigenvalue weighted by molar-refractivity contribution is 5.54. The first-order valence-corrected chi connectivity index (χ1v) is 7.79. The molecule has 6 nitrogen and oxygen atoms in total. The van der Waals surface area contributed by atoms with Crippen LogP contribution in [0.15, 0.2) is 49.1 Å². The maximum atomic E-state index is 4.61. The fourth-order valence-corrected chi connectivity index (χ4v) is 2.72. The van der Waals surface area contributed by atoms with E-state index in [1.807, 2.05) is 43.7 Å². The summed E-state index contributed by atoms with van der Waals surface area (Å²) in [5.74, 6) is 2.24. The van der Waals surface area contributed by atoms with Crippen LogP contribution in [-0.4, -0.2) is 24.5 Å². The molecule has 0 amide bonds. The fraction of sp³-hybridized carbons (Fsp3) is 0.294. The zero-order chi connectivity index (χ0) is 15.6. The molecule has 3 aromatic rings. The van der Waals surface area contributed by atoms with E-state index in [9.17, 15) is 0 Å². The second-order valence-electron chi connectivity index (χ2n) is 5.84. The molecule has 23 heavy (non-hydrogen) atoms. The second-order valence-corrected chi connectivity index (χ2v) is 5.84. The molecule has 4 rings (SSSR count). The van der Waals surface area contributed by atoms with E-state index < -0.39 is 0 Å². The number of hydrogen-bond donors (Lipinski definition) is 1. The van der Waals surface area contributed by atoms with Crippen LogP contribution in [0.25, 0.3) is 11.4 Å². The highest BCUT2D eigenvalue weighted by Gasteiger charge is 2.35. The van der Waals surface area contributed by atoms with Crippen LogP contribution in [0.1, 0.15) is 24.7 Å². The average molecular weight is 306 g/mol. The smallest absolute Gasteiger partial charge is 0.223 e. The van der Waals surface area contributed by atoms with Gasteiger partial charge in [0.25, 0.3) is 0 Å². The molecule has 1 N–H and O–H groups in total. The number of nitrogens with zero attached hydrogens (tertiary/aromatic N) is 5. The number of aryl methyl sites for hydroxylation is 1. The lowest BCUT2D eigenvalue weighted by Crippen LogP contribution is -2.18. The van der Waals surface area contributed by atoms with Crippen LogP contribution in [0.2, 0.25) is 0 Å². The molecule has 1 fully saturated rings. The summed E-state index contributed by atoms with van der Waals surface area (Å²) < 4.78 is 2.05. The van der Waals surface area contributed by atoms with Gasteiger partial charge in [-0.05, 0) is 37.0 Å². The molecule has 116 valence electrons. The van der Waals surface area contributed by atoms with Crippen molar-refractivity contribution in [2.45, 2.75) is 18.9 Å². The number of hydrogen-bond acceptors (Lipinski definition) is 5. The summed E-state index contributed by atoms with van der Waals surface area (Å²) in [6.07, 6.45) is 9.76. The Morgan fingerprint density at radius 2 is 1.96 bits per heavy atom. The topological polar surface area (TPSA) is 68.5 Å². The number of rotatable bonds is 5. The molecular weight excluding hydrogens is 288 g/mol. The molecular formula is C17H18N6. The first-order valence-electron chi connectivity index (χ1n) is 7.79. The number of pyridine rings is 1. The van der Waals surface area contributed by atoms with Gasteiger partial charge in [-0.1, -0.05) is 6.07 Å². The number of aromatic nitrogens is 5. The minimum absolute atomic E-state index is 0.147. The molecule has 1 aliphatic rings. The van der Waals surface area contributed by atoms with Crippen molar-refractivity contribution in [3.8, 4) is 11.4 Å². The van der Waals surface area contributed by atoms with Gasteiger partial charge in [-0.15, -0.1) is 0 Å². The van der Waals surface area contributed by atoms with Crippen LogP contribution < -0.4 is 5.32 Å². The van der Waals surface area contributed by atoms with Gasteiger partial charge in [0.2, 0.25) is 5.95 Å². The average Bonchev–Trinajstić information content (AvgIpc) is 3.35. The van der Waals surface area contributed by atoms with Gasteiger partial charge >= 0.3 is 0 Å². The number of imidazole rings is 1. The van der Waals surface area contributed by atoms with Crippen LogP contribution in [0.5, 0.6) is 0 Å². The standard InChI is InChI=1S/C17H18N6/c1-23-11-10-19-16(23)15(12-5-6-12)22-17-20-9-7-14(21-17)13-4-2-3-8-18-13/h2-4,7-12,15H,5-6H2,1H3,(H,20,21,22)/t15-/m1/s1. The van der Waals surface area contributed by atoms with Crippen LogP contribution in [-0.2, 0) is 7.05 Å². The summed E-state index contributed by atoms with van der Waals surface area (Å²) in [6, 6.07) is 7.82. The molecule has 1 aliphatic carbocycles. The Kier molecular flexibility index (Phi) is 3.49. The van der Waals surface area contributed by atoms with Crippen LogP contribution >= 0.6 is 0 Å². The number of nitrogens with one attached hydrogen (secondary N) is 1. The quantitative estimate of drug-likeness (QED) is 0.785. The third-order valence-corrected chi connectivity index (χ3v) is 4.10. The van der Waals surface area contributed by atoms with Crippen LogP contribution in [0.4, 0.5) is 5.95 Å². The van der Waals surface area contributed by atoms with E-state index in [2.05, 4.69) is 29.8 Å². The van der Waals surface area contributed by atoms with Crippen molar-refractivity contribution in [2.75, 3.05) is 5.32 Å². The van der Waals surface area contributed by atoms with E-state index in [0.717, 1.165) is 17.2 Å². The molecule has 1 atom stereocenters. The number of anilines is 1. The zero-order valence-corrected chi connectivity index (χ0v) is 12.9. The van der Waals surface area contributed by atoms with Gasteiger partial charge in [-0.2, -0.15) is 0 Å². The van der Waals surface area contributed by atoms with E-state index >= 15 is 0 Å². The van der Waals surface area contributed by atoms with Gasteiger partial charge in [-0.25, -0.2) is 15.0 Å². The Morgan fingerprint density at radius 3 is 2.65 bits per heavy atom. The Hall–Kier alpha value is -2.76. The van der Waals surface area contributed by atoms with Gasteiger partial charge in [0.15, 0.2) is 0 Å². The van der Waals surface area contributed by atoms with Gasteiger partial charge in [-0.3, -0.25) is 4.98 Å². The SMILES string of the molecule is Cn1ccnc1[C@H](Nc1nccc(-c2ccccn2)n1)C1CC1. The molecule has 0 unspecified atom stereocenters. The molecule has 3 aromatic heterocycles. The van der Waals surface area contributed by atoms with E-state index in [0.29, 0.717) is 11.9 Å². The maximum Gasteiger partial charge on any atom is 0.223 e. The van der Waals surface area contributed by atoms with Crippen molar-refractivity contribution in [2.24, 2.45) is 13.0 Å². The van der Waals surface area contributed by atoms with Crippen molar-refractivity contribution in [1.82, 2.24) is 24.5 Å². The largest absolute Gasteiger partial charge is 0.344 e.